The number of benzene rings is 1. The van der Waals surface area contributed by atoms with Gasteiger partial charge in [0.15, 0.2) is 5.76 Å². The second-order valence-corrected chi connectivity index (χ2v) is 8.88. The molecule has 0 bridgehead atoms. The standard InChI is InChI=1S/C21H21N3O5S/c25-20-8-4-5-11-23(20)16-17-9-10-19(29-17)21(26)22-12-14-24(15-13-22)30(27,28)18-6-2-1-3-7-18/h1-11H,12-16H2. The minimum atomic E-state index is -3.57. The van der Waals surface area contributed by atoms with Crippen LogP contribution in [0.1, 0.15) is 16.3 Å². The van der Waals surface area contributed by atoms with Crippen LogP contribution in [0.5, 0.6) is 0 Å². The molecule has 1 saturated heterocycles. The Morgan fingerprint density at radius 2 is 1.60 bits per heavy atom. The highest BCUT2D eigenvalue weighted by molar-refractivity contribution is 7.89. The van der Waals surface area contributed by atoms with Crippen molar-refractivity contribution in [3.63, 3.8) is 0 Å². The summed E-state index contributed by atoms with van der Waals surface area (Å²) in [5.41, 5.74) is -0.155. The SMILES string of the molecule is O=C(c1ccc(Cn2ccccc2=O)o1)N1CCN(S(=O)(=O)c2ccccc2)CC1. The highest BCUT2D eigenvalue weighted by Gasteiger charge is 2.31. The largest absolute Gasteiger partial charge is 0.454 e. The lowest BCUT2D eigenvalue weighted by atomic mass is 10.3. The summed E-state index contributed by atoms with van der Waals surface area (Å²) in [7, 11) is -3.57. The number of sulfonamides is 1. The maximum absolute atomic E-state index is 12.8. The summed E-state index contributed by atoms with van der Waals surface area (Å²) in [4.78, 5) is 26.4. The predicted octanol–water partition coefficient (Wildman–Crippen LogP) is 1.64. The first kappa shape index (κ1) is 20.1. The van der Waals surface area contributed by atoms with E-state index in [1.807, 2.05) is 0 Å². The van der Waals surface area contributed by atoms with E-state index in [1.54, 1.807) is 65.7 Å². The Labute approximate surface area is 174 Å². The molecule has 1 aromatic carbocycles. The second-order valence-electron chi connectivity index (χ2n) is 6.94. The zero-order valence-electron chi connectivity index (χ0n) is 16.2. The van der Waals surface area contributed by atoms with Crippen LogP contribution in [0.2, 0.25) is 0 Å². The Balaban J connectivity index is 1.40. The van der Waals surface area contributed by atoms with Gasteiger partial charge in [-0.3, -0.25) is 9.59 Å². The molecule has 4 rings (SSSR count). The van der Waals surface area contributed by atoms with Crippen LogP contribution >= 0.6 is 0 Å². The molecule has 3 aromatic rings. The fraction of sp³-hybridized carbons (Fsp3) is 0.238. The van der Waals surface area contributed by atoms with Crippen LogP contribution in [-0.2, 0) is 16.6 Å². The molecule has 8 nitrogen and oxygen atoms in total. The molecule has 3 heterocycles. The summed E-state index contributed by atoms with van der Waals surface area (Å²) in [6.07, 6.45) is 1.65. The van der Waals surface area contributed by atoms with E-state index in [2.05, 4.69) is 0 Å². The molecule has 0 aliphatic carbocycles. The van der Waals surface area contributed by atoms with Gasteiger partial charge in [0.1, 0.15) is 5.76 Å². The van der Waals surface area contributed by atoms with Gasteiger partial charge in [-0.2, -0.15) is 4.31 Å². The van der Waals surface area contributed by atoms with Crippen molar-refractivity contribution in [2.45, 2.75) is 11.4 Å². The van der Waals surface area contributed by atoms with Gasteiger partial charge >= 0.3 is 0 Å². The summed E-state index contributed by atoms with van der Waals surface area (Å²) in [6, 6.07) is 16.4. The first-order valence-electron chi connectivity index (χ1n) is 9.54. The van der Waals surface area contributed by atoms with Crippen molar-refractivity contribution in [3.05, 3.63) is 88.7 Å². The van der Waals surface area contributed by atoms with E-state index < -0.39 is 10.0 Å². The normalized spacial score (nSPS) is 15.3. The first-order chi connectivity index (χ1) is 14.4. The summed E-state index contributed by atoms with van der Waals surface area (Å²) < 4.78 is 33.9. The van der Waals surface area contributed by atoms with E-state index in [1.165, 1.54) is 14.9 Å². The zero-order chi connectivity index (χ0) is 21.1. The van der Waals surface area contributed by atoms with Gasteiger partial charge in [0.05, 0.1) is 11.4 Å². The number of amides is 1. The molecule has 0 spiro atoms. The number of hydrogen-bond donors (Lipinski definition) is 0. The number of carbonyl (C=O) groups excluding carboxylic acids is 1. The molecule has 30 heavy (non-hydrogen) atoms. The van der Waals surface area contributed by atoms with Gasteiger partial charge in [0.25, 0.3) is 11.5 Å². The molecular formula is C21H21N3O5S. The highest BCUT2D eigenvalue weighted by Crippen LogP contribution is 2.19. The van der Waals surface area contributed by atoms with Crippen molar-refractivity contribution in [2.24, 2.45) is 0 Å². The number of furan rings is 1. The van der Waals surface area contributed by atoms with Gasteiger partial charge in [-0.25, -0.2) is 8.42 Å². The number of hydrogen-bond acceptors (Lipinski definition) is 5. The van der Waals surface area contributed by atoms with Crippen LogP contribution in [0.4, 0.5) is 0 Å². The van der Waals surface area contributed by atoms with Gasteiger partial charge < -0.3 is 13.9 Å². The monoisotopic (exact) mass is 427 g/mol. The summed E-state index contributed by atoms with van der Waals surface area (Å²) in [5.74, 6) is 0.378. The van der Waals surface area contributed by atoms with Gasteiger partial charge in [0.2, 0.25) is 10.0 Å². The van der Waals surface area contributed by atoms with Crippen LogP contribution in [0.15, 0.2) is 81.0 Å². The van der Waals surface area contributed by atoms with Crippen molar-refractivity contribution >= 4 is 15.9 Å². The Bertz CT molecular complexity index is 1190. The smallest absolute Gasteiger partial charge is 0.289 e. The Morgan fingerprint density at radius 3 is 2.30 bits per heavy atom. The van der Waals surface area contributed by atoms with Crippen LogP contribution in [0.25, 0.3) is 0 Å². The highest BCUT2D eigenvalue weighted by atomic mass is 32.2. The Morgan fingerprint density at radius 1 is 0.900 bits per heavy atom. The minimum Gasteiger partial charge on any atom is -0.454 e. The second kappa shape index (κ2) is 8.29. The average Bonchev–Trinajstić information content (AvgIpc) is 3.24. The van der Waals surface area contributed by atoms with E-state index in [0.29, 0.717) is 5.76 Å². The van der Waals surface area contributed by atoms with Crippen LogP contribution in [0, 0.1) is 0 Å². The van der Waals surface area contributed by atoms with E-state index >= 15 is 0 Å². The van der Waals surface area contributed by atoms with Crippen LogP contribution < -0.4 is 5.56 Å². The van der Waals surface area contributed by atoms with Crippen molar-refractivity contribution < 1.29 is 17.6 Å². The Kier molecular flexibility index (Phi) is 5.56. The number of rotatable bonds is 5. The molecule has 0 saturated carbocycles. The molecule has 2 aromatic heterocycles. The molecule has 1 aliphatic rings. The third-order valence-corrected chi connectivity index (χ3v) is 6.92. The van der Waals surface area contributed by atoms with E-state index in [9.17, 15) is 18.0 Å². The molecule has 1 amide bonds. The fourth-order valence-electron chi connectivity index (χ4n) is 3.37. The lowest BCUT2D eigenvalue weighted by molar-refractivity contribution is 0.0664. The van der Waals surface area contributed by atoms with Gasteiger partial charge in [-0.1, -0.05) is 24.3 Å². The number of aromatic nitrogens is 1. The van der Waals surface area contributed by atoms with E-state index in [-0.39, 0.29) is 54.8 Å². The van der Waals surface area contributed by atoms with Crippen molar-refractivity contribution in [1.29, 1.82) is 0 Å². The molecule has 9 heteroatoms. The molecule has 1 aliphatic heterocycles. The summed E-state index contributed by atoms with van der Waals surface area (Å²) >= 11 is 0. The molecule has 0 unspecified atom stereocenters. The summed E-state index contributed by atoms with van der Waals surface area (Å²) in [5, 5.41) is 0. The molecule has 0 radical (unpaired) electrons. The maximum atomic E-state index is 12.8. The first-order valence-corrected chi connectivity index (χ1v) is 11.0. The maximum Gasteiger partial charge on any atom is 0.289 e. The molecule has 156 valence electrons. The number of nitrogens with zero attached hydrogens (tertiary/aromatic N) is 3. The lowest BCUT2D eigenvalue weighted by Gasteiger charge is -2.33. The minimum absolute atomic E-state index is 0.155. The van der Waals surface area contributed by atoms with Gasteiger partial charge in [-0.15, -0.1) is 0 Å². The Hall–Kier alpha value is -3.17. The van der Waals surface area contributed by atoms with Crippen molar-refractivity contribution in [2.75, 3.05) is 26.2 Å². The van der Waals surface area contributed by atoms with Gasteiger partial charge in [0, 0.05) is 38.4 Å². The fourth-order valence-corrected chi connectivity index (χ4v) is 4.81. The van der Waals surface area contributed by atoms with Crippen molar-refractivity contribution in [3.8, 4) is 0 Å². The third-order valence-electron chi connectivity index (χ3n) is 5.00. The average molecular weight is 427 g/mol. The predicted molar refractivity (Wildman–Crippen MR) is 110 cm³/mol. The van der Waals surface area contributed by atoms with Crippen LogP contribution in [-0.4, -0.2) is 54.3 Å². The molecular weight excluding hydrogens is 406 g/mol. The topological polar surface area (TPSA) is 92.8 Å². The summed E-state index contributed by atoms with van der Waals surface area (Å²) in [6.45, 7) is 1.22. The molecule has 1 fully saturated rings. The molecule has 0 atom stereocenters. The van der Waals surface area contributed by atoms with Gasteiger partial charge in [-0.05, 0) is 30.3 Å². The van der Waals surface area contributed by atoms with Crippen LogP contribution in [0.3, 0.4) is 0 Å². The van der Waals surface area contributed by atoms with E-state index in [4.69, 9.17) is 4.42 Å². The quantitative estimate of drug-likeness (QED) is 0.617. The van der Waals surface area contributed by atoms with Crippen molar-refractivity contribution in [1.82, 2.24) is 13.8 Å². The zero-order valence-corrected chi connectivity index (χ0v) is 17.0. The third kappa shape index (κ3) is 4.07. The molecule has 0 N–H and O–H groups in total. The lowest BCUT2D eigenvalue weighted by Crippen LogP contribution is -2.50. The number of pyridine rings is 1. The number of carbonyl (C=O) groups is 1. The van der Waals surface area contributed by atoms with E-state index in [0.717, 1.165) is 0 Å². The number of piperazine rings is 1.